The fourth-order valence-corrected chi connectivity index (χ4v) is 2.57. The third-order valence-corrected chi connectivity index (χ3v) is 4.15. The normalized spacial score (nSPS) is 15.0. The number of thioether (sulfide) groups is 1. The molecule has 0 saturated heterocycles. The summed E-state index contributed by atoms with van der Waals surface area (Å²) in [5, 5.41) is 5.79. The molecule has 1 aromatic carbocycles. The van der Waals surface area contributed by atoms with E-state index < -0.39 is 6.04 Å². The van der Waals surface area contributed by atoms with Crippen LogP contribution in [-0.2, 0) is 4.79 Å². The highest BCUT2D eigenvalue weighted by atomic mass is 32.2. The topological polar surface area (TPSA) is 67.4 Å². The first-order valence-corrected chi connectivity index (χ1v) is 8.78. The molecular weight excluding hydrogens is 300 g/mol. The number of hydrogen-bond donors (Lipinski definition) is 2. The third-order valence-electron chi connectivity index (χ3n) is 3.51. The molecule has 2 N–H and O–H groups in total. The second-order valence-corrected chi connectivity index (χ2v) is 6.28. The van der Waals surface area contributed by atoms with Crippen molar-refractivity contribution in [2.24, 2.45) is 0 Å². The second-order valence-electron chi connectivity index (χ2n) is 5.29. The van der Waals surface area contributed by atoms with Gasteiger partial charge in [0, 0.05) is 6.04 Å². The van der Waals surface area contributed by atoms with Crippen molar-refractivity contribution in [3.05, 3.63) is 29.8 Å². The zero-order valence-electron chi connectivity index (χ0n) is 12.9. The van der Waals surface area contributed by atoms with Crippen LogP contribution in [0, 0.1) is 0 Å². The highest BCUT2D eigenvalue weighted by Crippen LogP contribution is 2.20. The van der Waals surface area contributed by atoms with Crippen molar-refractivity contribution in [1.29, 1.82) is 0 Å². The zero-order chi connectivity index (χ0) is 15.9. The third kappa shape index (κ3) is 4.66. The molecule has 6 heteroatoms. The minimum Gasteiger partial charge on any atom is -0.496 e. The van der Waals surface area contributed by atoms with E-state index in [-0.39, 0.29) is 17.9 Å². The number of ether oxygens (including phenoxy) is 1. The molecule has 1 unspecified atom stereocenters. The Morgan fingerprint density at radius 2 is 2.09 bits per heavy atom. The molecule has 1 atom stereocenters. The molecule has 0 spiro atoms. The van der Waals surface area contributed by atoms with Gasteiger partial charge in [-0.15, -0.1) is 0 Å². The lowest BCUT2D eigenvalue weighted by Crippen LogP contribution is -2.47. The lowest BCUT2D eigenvalue weighted by Gasteiger charge is -2.18. The van der Waals surface area contributed by atoms with Gasteiger partial charge >= 0.3 is 0 Å². The lowest BCUT2D eigenvalue weighted by atomic mass is 10.1. The Labute approximate surface area is 135 Å². The van der Waals surface area contributed by atoms with Gasteiger partial charge in [-0.1, -0.05) is 12.1 Å². The van der Waals surface area contributed by atoms with Gasteiger partial charge in [0.05, 0.1) is 12.7 Å². The first-order valence-electron chi connectivity index (χ1n) is 7.39. The van der Waals surface area contributed by atoms with Crippen molar-refractivity contribution in [2.75, 3.05) is 19.1 Å². The molecule has 0 aromatic heterocycles. The van der Waals surface area contributed by atoms with Gasteiger partial charge in [0.2, 0.25) is 5.91 Å². The van der Waals surface area contributed by atoms with Crippen molar-refractivity contribution in [1.82, 2.24) is 10.6 Å². The Balaban J connectivity index is 2.04. The summed E-state index contributed by atoms with van der Waals surface area (Å²) < 4.78 is 5.20. The fourth-order valence-electron chi connectivity index (χ4n) is 2.10. The Morgan fingerprint density at radius 3 is 2.73 bits per heavy atom. The van der Waals surface area contributed by atoms with Gasteiger partial charge in [0.1, 0.15) is 11.8 Å². The van der Waals surface area contributed by atoms with Crippen molar-refractivity contribution in [2.45, 2.75) is 31.3 Å². The van der Waals surface area contributed by atoms with Crippen LogP contribution < -0.4 is 15.4 Å². The molecular formula is C16H22N2O3S. The molecule has 1 aliphatic carbocycles. The number of benzene rings is 1. The summed E-state index contributed by atoms with van der Waals surface area (Å²) in [6, 6.07) is 6.78. The second kappa shape index (κ2) is 8.08. The molecule has 1 fully saturated rings. The van der Waals surface area contributed by atoms with Crippen LogP contribution in [0.5, 0.6) is 5.75 Å². The van der Waals surface area contributed by atoms with Crippen LogP contribution in [0.25, 0.3) is 0 Å². The number of methoxy groups -OCH3 is 1. The van der Waals surface area contributed by atoms with E-state index in [2.05, 4.69) is 10.6 Å². The smallest absolute Gasteiger partial charge is 0.255 e. The summed E-state index contributed by atoms with van der Waals surface area (Å²) in [5.74, 6) is 0.940. The number of para-hydroxylation sites is 1. The van der Waals surface area contributed by atoms with E-state index in [0.717, 1.165) is 18.6 Å². The van der Waals surface area contributed by atoms with Crippen LogP contribution in [0.4, 0.5) is 0 Å². The van der Waals surface area contributed by atoms with Crippen LogP contribution in [0.3, 0.4) is 0 Å². The number of amides is 2. The summed E-state index contributed by atoms with van der Waals surface area (Å²) in [6.07, 6.45) is 4.65. The van der Waals surface area contributed by atoms with Crippen molar-refractivity contribution >= 4 is 23.6 Å². The van der Waals surface area contributed by atoms with E-state index in [1.54, 1.807) is 36.0 Å². The minimum atomic E-state index is -0.509. The largest absolute Gasteiger partial charge is 0.496 e. The number of carbonyl (C=O) groups is 2. The Morgan fingerprint density at radius 1 is 1.36 bits per heavy atom. The van der Waals surface area contributed by atoms with E-state index in [9.17, 15) is 9.59 Å². The maximum absolute atomic E-state index is 12.4. The fraction of sp³-hybridized carbons (Fsp3) is 0.500. The van der Waals surface area contributed by atoms with E-state index >= 15 is 0 Å². The number of carbonyl (C=O) groups excluding carboxylic acids is 2. The Bertz CT molecular complexity index is 532. The maximum atomic E-state index is 12.4. The van der Waals surface area contributed by atoms with Crippen LogP contribution >= 0.6 is 11.8 Å². The molecule has 2 amide bonds. The van der Waals surface area contributed by atoms with E-state index in [1.165, 1.54) is 7.11 Å². The average molecular weight is 322 g/mol. The van der Waals surface area contributed by atoms with Crippen LogP contribution in [0.2, 0.25) is 0 Å². The molecule has 120 valence electrons. The minimum absolute atomic E-state index is 0.0974. The van der Waals surface area contributed by atoms with Crippen molar-refractivity contribution in [3.8, 4) is 5.75 Å². The monoisotopic (exact) mass is 322 g/mol. The highest BCUT2D eigenvalue weighted by Gasteiger charge is 2.28. The predicted octanol–water partition coefficient (Wildman–Crippen LogP) is 1.83. The first kappa shape index (κ1) is 16.7. The summed E-state index contributed by atoms with van der Waals surface area (Å²) in [6.45, 7) is 0. The molecule has 1 aromatic rings. The predicted molar refractivity (Wildman–Crippen MR) is 88.4 cm³/mol. The summed E-state index contributed by atoms with van der Waals surface area (Å²) >= 11 is 1.66. The van der Waals surface area contributed by atoms with Gasteiger partial charge in [0.15, 0.2) is 0 Å². The number of rotatable bonds is 8. The standard InChI is InChI=1S/C16H22N2O3S/c1-21-14-6-4-3-5-12(14)15(19)18-13(9-10-22-2)16(20)17-11-7-8-11/h3-6,11,13H,7-10H2,1-2H3,(H,17,20)(H,18,19). The first-order chi connectivity index (χ1) is 10.7. The van der Waals surface area contributed by atoms with Gasteiger partial charge < -0.3 is 15.4 Å². The van der Waals surface area contributed by atoms with Gasteiger partial charge in [-0.25, -0.2) is 0 Å². The molecule has 0 radical (unpaired) electrons. The number of nitrogens with one attached hydrogen (secondary N) is 2. The number of hydrogen-bond acceptors (Lipinski definition) is 4. The summed E-state index contributed by atoms with van der Waals surface area (Å²) in [7, 11) is 1.52. The summed E-state index contributed by atoms with van der Waals surface area (Å²) in [4.78, 5) is 24.7. The average Bonchev–Trinajstić information content (AvgIpc) is 3.34. The van der Waals surface area contributed by atoms with Crippen molar-refractivity contribution < 1.29 is 14.3 Å². The molecule has 1 saturated carbocycles. The van der Waals surface area contributed by atoms with Crippen LogP contribution in [-0.4, -0.2) is 43.0 Å². The van der Waals surface area contributed by atoms with E-state index in [0.29, 0.717) is 17.7 Å². The molecule has 1 aliphatic rings. The van der Waals surface area contributed by atoms with Crippen LogP contribution in [0.1, 0.15) is 29.6 Å². The molecule has 0 aliphatic heterocycles. The molecule has 5 nitrogen and oxygen atoms in total. The Hall–Kier alpha value is -1.69. The van der Waals surface area contributed by atoms with Gasteiger partial charge in [-0.2, -0.15) is 11.8 Å². The molecule has 2 rings (SSSR count). The van der Waals surface area contributed by atoms with Crippen LogP contribution in [0.15, 0.2) is 24.3 Å². The SMILES string of the molecule is COc1ccccc1C(=O)NC(CCSC)C(=O)NC1CC1. The summed E-state index contributed by atoms with van der Waals surface area (Å²) in [5.41, 5.74) is 0.443. The molecule has 0 bridgehead atoms. The van der Waals surface area contributed by atoms with Gasteiger partial charge in [0.25, 0.3) is 5.91 Å². The zero-order valence-corrected chi connectivity index (χ0v) is 13.7. The molecule has 0 heterocycles. The van der Waals surface area contributed by atoms with Gasteiger partial charge in [-0.3, -0.25) is 9.59 Å². The quantitative estimate of drug-likeness (QED) is 0.766. The lowest BCUT2D eigenvalue weighted by molar-refractivity contribution is -0.123. The van der Waals surface area contributed by atoms with Crippen molar-refractivity contribution in [3.63, 3.8) is 0 Å². The highest BCUT2D eigenvalue weighted by molar-refractivity contribution is 7.98. The van der Waals surface area contributed by atoms with E-state index in [4.69, 9.17) is 4.74 Å². The maximum Gasteiger partial charge on any atom is 0.255 e. The molecule has 22 heavy (non-hydrogen) atoms. The van der Waals surface area contributed by atoms with E-state index in [1.807, 2.05) is 6.26 Å². The van der Waals surface area contributed by atoms with Gasteiger partial charge in [-0.05, 0) is 43.4 Å². The Kier molecular flexibility index (Phi) is 6.12.